The minimum absolute atomic E-state index is 0.0133. The van der Waals surface area contributed by atoms with E-state index >= 15 is 0 Å². The highest BCUT2D eigenvalue weighted by atomic mass is 32.2. The Hall–Kier alpha value is -3.76. The minimum atomic E-state index is -4.69. The number of nitriles is 1. The lowest BCUT2D eigenvalue weighted by molar-refractivity contribution is -0.197. The lowest BCUT2D eigenvalue weighted by Gasteiger charge is -2.12. The summed E-state index contributed by atoms with van der Waals surface area (Å²) < 4.78 is 31.6. The Morgan fingerprint density at radius 3 is 2.45 bits per heavy atom. The van der Waals surface area contributed by atoms with Gasteiger partial charge in [-0.15, -0.1) is 5.06 Å². The van der Waals surface area contributed by atoms with Gasteiger partial charge in [-0.3, -0.25) is 18.9 Å². The lowest BCUT2D eigenvalue weighted by atomic mass is 10.1. The third kappa shape index (κ3) is 7.41. The van der Waals surface area contributed by atoms with Crippen molar-refractivity contribution in [2.75, 3.05) is 6.54 Å². The van der Waals surface area contributed by atoms with Gasteiger partial charge in [-0.2, -0.15) is 13.7 Å². The molecule has 0 spiro atoms. The zero-order chi connectivity index (χ0) is 24.6. The summed E-state index contributed by atoms with van der Waals surface area (Å²) in [5, 5.41) is 21.7. The number of carbonyl (C=O) groups is 4. The molecule has 1 aliphatic rings. The first-order valence-electron chi connectivity index (χ1n) is 9.80. The summed E-state index contributed by atoms with van der Waals surface area (Å²) in [6.45, 7) is 0.182. The zero-order valence-electron chi connectivity index (χ0n) is 17.3. The molecule has 0 bridgehead atoms. The van der Waals surface area contributed by atoms with E-state index in [1.165, 1.54) is 6.07 Å². The van der Waals surface area contributed by atoms with Crippen molar-refractivity contribution in [1.82, 2.24) is 10.4 Å². The highest BCUT2D eigenvalue weighted by Gasteiger charge is 2.32. The van der Waals surface area contributed by atoms with Crippen LogP contribution in [0, 0.1) is 11.3 Å². The quantitative estimate of drug-likeness (QED) is 0.142. The van der Waals surface area contributed by atoms with Crippen LogP contribution in [-0.2, 0) is 34.1 Å². The molecule has 12 nitrogen and oxygen atoms in total. The van der Waals surface area contributed by atoms with E-state index in [0.717, 1.165) is 18.2 Å². The number of imide groups is 1. The highest BCUT2D eigenvalue weighted by molar-refractivity contribution is 7.86. The van der Waals surface area contributed by atoms with Crippen molar-refractivity contribution in [3.8, 4) is 11.8 Å². The van der Waals surface area contributed by atoms with Crippen LogP contribution >= 0.6 is 0 Å². The Kier molecular flexibility index (Phi) is 8.66. The molecule has 1 heterocycles. The molecule has 1 aliphatic heterocycles. The van der Waals surface area contributed by atoms with Crippen molar-refractivity contribution in [2.24, 2.45) is 0 Å². The fourth-order valence-electron chi connectivity index (χ4n) is 2.82. The van der Waals surface area contributed by atoms with Gasteiger partial charge in [0.2, 0.25) is 0 Å². The molecular weight excluding hydrogens is 458 g/mol. The fourth-order valence-corrected chi connectivity index (χ4v) is 3.43. The average molecular weight is 479 g/mol. The van der Waals surface area contributed by atoms with Gasteiger partial charge in [0.25, 0.3) is 27.8 Å². The van der Waals surface area contributed by atoms with Crippen molar-refractivity contribution in [2.45, 2.75) is 43.4 Å². The summed E-state index contributed by atoms with van der Waals surface area (Å²) in [5.41, 5.74) is -0.230. The zero-order valence-corrected chi connectivity index (χ0v) is 18.1. The number of aromatic hydroxyl groups is 1. The number of carbonyl (C=O) groups excluding carboxylic acids is 4. The number of benzene rings is 1. The second-order valence-corrected chi connectivity index (χ2v) is 8.37. The van der Waals surface area contributed by atoms with Gasteiger partial charge in [0.05, 0.1) is 0 Å². The highest BCUT2D eigenvalue weighted by Crippen LogP contribution is 2.24. The number of hydrogen-bond donors (Lipinski definition) is 3. The normalized spacial score (nSPS) is 14.2. The third-order valence-electron chi connectivity index (χ3n) is 4.48. The molecule has 0 saturated carbocycles. The Morgan fingerprint density at radius 2 is 1.85 bits per heavy atom. The van der Waals surface area contributed by atoms with Gasteiger partial charge in [-0.25, -0.2) is 4.79 Å². The molecule has 2 rings (SSSR count). The van der Waals surface area contributed by atoms with E-state index in [1.807, 2.05) is 0 Å². The number of phenols is 1. The van der Waals surface area contributed by atoms with Crippen molar-refractivity contribution in [3.63, 3.8) is 0 Å². The molecule has 3 N–H and O–H groups in total. The molecule has 1 saturated heterocycles. The SMILES string of the molecule is N#C/C(=C\c1ccc(O)c(S(=O)(=O)O)c1)C(=O)NCCCCCC(=O)ON1C(=O)CCC1=O. The van der Waals surface area contributed by atoms with E-state index in [9.17, 15) is 38.0 Å². The molecule has 176 valence electrons. The van der Waals surface area contributed by atoms with E-state index in [0.29, 0.717) is 24.3 Å². The summed E-state index contributed by atoms with van der Waals surface area (Å²) in [6, 6.07) is 4.86. The van der Waals surface area contributed by atoms with Crippen molar-refractivity contribution in [1.29, 1.82) is 5.26 Å². The number of hydrogen-bond acceptors (Lipinski definition) is 9. The van der Waals surface area contributed by atoms with Gasteiger partial charge < -0.3 is 15.3 Å². The van der Waals surface area contributed by atoms with E-state index in [4.69, 9.17) is 9.39 Å². The third-order valence-corrected chi connectivity index (χ3v) is 5.36. The molecule has 0 aliphatic carbocycles. The molecule has 3 amide bonds. The number of unbranched alkanes of at least 4 members (excludes halogenated alkanes) is 2. The van der Waals surface area contributed by atoms with Gasteiger partial charge in [-0.05, 0) is 36.6 Å². The number of phenolic OH excluding ortho intramolecular Hbond substituents is 1. The van der Waals surface area contributed by atoms with E-state index in [1.54, 1.807) is 6.07 Å². The molecule has 0 atom stereocenters. The molecule has 1 fully saturated rings. The van der Waals surface area contributed by atoms with Crippen LogP contribution in [0.15, 0.2) is 28.7 Å². The van der Waals surface area contributed by atoms with Gasteiger partial charge in [0.1, 0.15) is 22.3 Å². The molecule has 0 unspecified atom stereocenters. The monoisotopic (exact) mass is 479 g/mol. The second kappa shape index (κ2) is 11.2. The predicted octanol–water partition coefficient (Wildman–Crippen LogP) is 0.830. The summed E-state index contributed by atoms with van der Waals surface area (Å²) in [4.78, 5) is 50.6. The van der Waals surface area contributed by atoms with Crippen molar-refractivity contribution >= 4 is 39.9 Å². The molecular formula is C20H21N3O9S. The fraction of sp³-hybridized carbons (Fsp3) is 0.350. The van der Waals surface area contributed by atoms with Gasteiger partial charge >= 0.3 is 5.97 Å². The van der Waals surface area contributed by atoms with Crippen LogP contribution in [0.1, 0.15) is 44.1 Å². The maximum atomic E-state index is 12.2. The molecule has 0 radical (unpaired) electrons. The first-order valence-corrected chi connectivity index (χ1v) is 11.2. The summed E-state index contributed by atoms with van der Waals surface area (Å²) in [5.74, 6) is -3.22. The van der Waals surface area contributed by atoms with E-state index < -0.39 is 44.5 Å². The Morgan fingerprint density at radius 1 is 1.18 bits per heavy atom. The largest absolute Gasteiger partial charge is 0.506 e. The molecule has 1 aromatic rings. The molecule has 1 aromatic carbocycles. The lowest BCUT2D eigenvalue weighted by Crippen LogP contribution is -2.32. The van der Waals surface area contributed by atoms with Crippen LogP contribution in [0.2, 0.25) is 0 Å². The minimum Gasteiger partial charge on any atom is -0.506 e. The van der Waals surface area contributed by atoms with Gasteiger partial charge in [0.15, 0.2) is 0 Å². The van der Waals surface area contributed by atoms with Crippen LogP contribution < -0.4 is 5.32 Å². The molecule has 0 aromatic heterocycles. The van der Waals surface area contributed by atoms with Crippen LogP contribution in [-0.4, -0.2) is 53.4 Å². The average Bonchev–Trinajstić information content (AvgIpc) is 3.06. The standard InChI is InChI=1S/C20H21N3O9S/c21-12-14(10-13-5-6-15(24)16(11-13)33(29,30)31)20(28)22-9-3-1-2-4-19(27)32-23-17(25)7-8-18(23)26/h5-6,10-11,24H,1-4,7-9H2,(H,22,28)(H,29,30,31)/b14-10+. The maximum Gasteiger partial charge on any atom is 0.333 e. The number of rotatable bonds is 10. The van der Waals surface area contributed by atoms with Crippen LogP contribution in [0.5, 0.6) is 5.75 Å². The Bertz CT molecular complexity index is 1120. The van der Waals surface area contributed by atoms with Crippen molar-refractivity contribution < 1.29 is 42.1 Å². The van der Waals surface area contributed by atoms with Gasteiger partial charge in [0, 0.05) is 25.8 Å². The number of amides is 3. The van der Waals surface area contributed by atoms with Gasteiger partial charge in [-0.1, -0.05) is 12.5 Å². The van der Waals surface area contributed by atoms with Crippen LogP contribution in [0.3, 0.4) is 0 Å². The Balaban J connectivity index is 1.78. The molecule has 33 heavy (non-hydrogen) atoms. The first-order chi connectivity index (χ1) is 15.5. The molecule has 13 heteroatoms. The maximum absolute atomic E-state index is 12.2. The van der Waals surface area contributed by atoms with Crippen LogP contribution in [0.4, 0.5) is 0 Å². The summed E-state index contributed by atoms with van der Waals surface area (Å²) in [7, 11) is -4.69. The smallest absolute Gasteiger partial charge is 0.333 e. The topological polar surface area (TPSA) is 191 Å². The van der Waals surface area contributed by atoms with Crippen LogP contribution in [0.25, 0.3) is 6.08 Å². The van der Waals surface area contributed by atoms with E-state index in [-0.39, 0.29) is 36.9 Å². The number of hydroxylamine groups is 2. The summed E-state index contributed by atoms with van der Waals surface area (Å²) >= 11 is 0. The summed E-state index contributed by atoms with van der Waals surface area (Å²) in [6.07, 6.45) is 2.46. The predicted molar refractivity (Wildman–Crippen MR) is 110 cm³/mol. The first kappa shape index (κ1) is 25.5. The number of nitrogens with zero attached hydrogens (tertiary/aromatic N) is 2. The van der Waals surface area contributed by atoms with E-state index in [2.05, 4.69) is 5.32 Å². The second-order valence-electron chi connectivity index (χ2n) is 6.98. The Labute approximate surface area is 189 Å². The van der Waals surface area contributed by atoms with Crippen molar-refractivity contribution in [3.05, 3.63) is 29.3 Å². The number of nitrogens with one attached hydrogen (secondary N) is 1.